The zero-order chi connectivity index (χ0) is 14.7. The average molecular weight is 302 g/mol. The highest BCUT2D eigenvalue weighted by Crippen LogP contribution is 2.44. The Morgan fingerprint density at radius 1 is 0.895 bits per heavy atom. The van der Waals surface area contributed by atoms with Crippen LogP contribution < -0.4 is 0 Å². The van der Waals surface area contributed by atoms with Gasteiger partial charge >= 0.3 is 12.4 Å². The highest BCUT2D eigenvalue weighted by Gasteiger charge is 2.68. The van der Waals surface area contributed by atoms with Crippen molar-refractivity contribution < 1.29 is 31.4 Å². The van der Waals surface area contributed by atoms with Gasteiger partial charge in [0, 0.05) is 4.90 Å². The molecule has 0 unspecified atom stereocenters. The first-order chi connectivity index (χ1) is 8.58. The molecular weight excluding hydrogens is 294 g/mol. The zero-order valence-corrected chi connectivity index (χ0v) is 9.98. The first-order valence-electron chi connectivity index (χ1n) is 4.83. The zero-order valence-electron chi connectivity index (χ0n) is 9.16. The van der Waals surface area contributed by atoms with Crippen LogP contribution in [0.4, 0.5) is 26.3 Å². The van der Waals surface area contributed by atoms with Crippen LogP contribution in [0.15, 0.2) is 46.7 Å². The van der Waals surface area contributed by atoms with Crippen molar-refractivity contribution in [1.29, 1.82) is 0 Å². The molecule has 106 valence electrons. The summed E-state index contributed by atoms with van der Waals surface area (Å²) in [5, 5.41) is 9.38. The van der Waals surface area contributed by atoms with E-state index in [-0.39, 0.29) is 6.08 Å². The monoisotopic (exact) mass is 302 g/mol. The van der Waals surface area contributed by atoms with Gasteiger partial charge in [0.2, 0.25) is 0 Å². The van der Waals surface area contributed by atoms with Crippen molar-refractivity contribution in [3.05, 3.63) is 41.8 Å². The lowest BCUT2D eigenvalue weighted by Gasteiger charge is -2.29. The number of alkyl halides is 6. The summed E-state index contributed by atoms with van der Waals surface area (Å²) in [6.07, 6.45) is -12.0. The third kappa shape index (κ3) is 3.66. The molecule has 0 spiro atoms. The van der Waals surface area contributed by atoms with Crippen LogP contribution in [0.25, 0.3) is 0 Å². The molecule has 0 fully saturated rings. The lowest BCUT2D eigenvalue weighted by atomic mass is 10.0. The Kier molecular flexibility index (Phi) is 4.57. The Bertz CT molecular complexity index is 423. The predicted octanol–water partition coefficient (Wildman–Crippen LogP) is 4.15. The van der Waals surface area contributed by atoms with E-state index < -0.39 is 18.0 Å². The molecule has 1 aromatic carbocycles. The van der Waals surface area contributed by atoms with E-state index in [1.807, 2.05) is 0 Å². The van der Waals surface area contributed by atoms with E-state index in [0.717, 1.165) is 0 Å². The summed E-state index contributed by atoms with van der Waals surface area (Å²) in [7, 11) is 0. The molecule has 0 aliphatic heterocycles. The molecular formula is C11H8F6OS. The number of aliphatic hydroxyl groups is 1. The summed E-state index contributed by atoms with van der Waals surface area (Å²) in [5.41, 5.74) is -4.85. The van der Waals surface area contributed by atoms with Gasteiger partial charge in [0.1, 0.15) is 0 Å². The first kappa shape index (κ1) is 15.9. The second-order valence-corrected chi connectivity index (χ2v) is 4.47. The normalized spacial score (nSPS) is 14.1. The highest BCUT2D eigenvalue weighted by molar-refractivity contribution is 8.02. The molecule has 0 aliphatic carbocycles. The number of halogens is 6. The van der Waals surface area contributed by atoms with Gasteiger partial charge in [-0.05, 0) is 23.6 Å². The topological polar surface area (TPSA) is 20.2 Å². The largest absolute Gasteiger partial charge is 0.430 e. The number of benzene rings is 1. The smallest absolute Gasteiger partial charge is 0.370 e. The standard InChI is InChI=1S/C11H8F6OS/c12-10(13,14)9(18,11(15,16)17)6-7-19-8-4-2-1-3-5-8/h1-7,18H/b7-6+. The maximum atomic E-state index is 12.3. The van der Waals surface area contributed by atoms with Gasteiger partial charge in [-0.15, -0.1) is 0 Å². The summed E-state index contributed by atoms with van der Waals surface area (Å²) in [6, 6.07) is 7.83. The molecule has 1 nitrogen and oxygen atoms in total. The van der Waals surface area contributed by atoms with Crippen molar-refractivity contribution in [2.75, 3.05) is 0 Å². The molecule has 8 heteroatoms. The number of hydrogen-bond acceptors (Lipinski definition) is 2. The van der Waals surface area contributed by atoms with Gasteiger partial charge in [-0.25, -0.2) is 0 Å². The van der Waals surface area contributed by atoms with Crippen molar-refractivity contribution in [3.63, 3.8) is 0 Å². The molecule has 1 N–H and O–H groups in total. The Balaban J connectivity index is 2.92. The molecule has 0 heterocycles. The van der Waals surface area contributed by atoms with Crippen molar-refractivity contribution in [3.8, 4) is 0 Å². The molecule has 1 rings (SSSR count). The van der Waals surface area contributed by atoms with Crippen LogP contribution >= 0.6 is 11.8 Å². The second-order valence-electron chi connectivity index (χ2n) is 3.50. The van der Waals surface area contributed by atoms with Crippen LogP contribution in [-0.4, -0.2) is 23.1 Å². The summed E-state index contributed by atoms with van der Waals surface area (Å²) in [4.78, 5) is 0.449. The van der Waals surface area contributed by atoms with Crippen molar-refractivity contribution in [1.82, 2.24) is 0 Å². The van der Waals surface area contributed by atoms with Crippen LogP contribution in [0, 0.1) is 0 Å². The van der Waals surface area contributed by atoms with Crippen molar-refractivity contribution >= 4 is 11.8 Å². The van der Waals surface area contributed by atoms with E-state index >= 15 is 0 Å². The van der Waals surface area contributed by atoms with Crippen LogP contribution in [0.5, 0.6) is 0 Å². The van der Waals surface area contributed by atoms with Crippen LogP contribution in [-0.2, 0) is 0 Å². The molecule has 0 atom stereocenters. The number of hydrogen-bond donors (Lipinski definition) is 1. The molecule has 0 radical (unpaired) electrons. The second kappa shape index (κ2) is 5.46. The van der Waals surface area contributed by atoms with E-state index in [2.05, 4.69) is 0 Å². The van der Waals surface area contributed by atoms with Gasteiger partial charge in [0.15, 0.2) is 0 Å². The van der Waals surface area contributed by atoms with Crippen LogP contribution in [0.2, 0.25) is 0 Å². The SMILES string of the molecule is OC(/C=C/Sc1ccccc1)(C(F)(F)F)C(F)(F)F. The highest BCUT2D eigenvalue weighted by atomic mass is 32.2. The molecule has 0 saturated heterocycles. The molecule has 19 heavy (non-hydrogen) atoms. The van der Waals surface area contributed by atoms with Gasteiger partial charge in [0.25, 0.3) is 5.60 Å². The van der Waals surface area contributed by atoms with E-state index in [4.69, 9.17) is 5.11 Å². The molecule has 0 bridgehead atoms. The van der Waals surface area contributed by atoms with Gasteiger partial charge in [-0.1, -0.05) is 30.0 Å². The summed E-state index contributed by atoms with van der Waals surface area (Å²) < 4.78 is 73.8. The molecule has 0 aliphatic rings. The average Bonchev–Trinajstić information content (AvgIpc) is 2.27. The van der Waals surface area contributed by atoms with Gasteiger partial charge in [0.05, 0.1) is 0 Å². The van der Waals surface area contributed by atoms with Crippen LogP contribution in [0.3, 0.4) is 0 Å². The van der Waals surface area contributed by atoms with E-state index in [9.17, 15) is 26.3 Å². The molecule has 0 aromatic heterocycles. The molecule has 0 saturated carbocycles. The minimum atomic E-state index is -5.83. The third-order valence-corrected chi connectivity index (χ3v) is 2.94. The lowest BCUT2D eigenvalue weighted by molar-refractivity contribution is -0.347. The first-order valence-corrected chi connectivity index (χ1v) is 5.71. The predicted molar refractivity (Wildman–Crippen MR) is 58.5 cm³/mol. The van der Waals surface area contributed by atoms with Crippen LogP contribution in [0.1, 0.15) is 0 Å². The Morgan fingerprint density at radius 3 is 1.79 bits per heavy atom. The summed E-state index contributed by atoms with van der Waals surface area (Å²) in [6.45, 7) is 0. The third-order valence-electron chi connectivity index (χ3n) is 2.12. The molecule has 1 aromatic rings. The fourth-order valence-corrected chi connectivity index (χ4v) is 1.80. The number of rotatable bonds is 3. The maximum absolute atomic E-state index is 12.3. The minimum absolute atomic E-state index is 0.301. The summed E-state index contributed by atoms with van der Waals surface area (Å²) >= 11 is 0.639. The Labute approximate surface area is 108 Å². The molecule has 0 amide bonds. The fraction of sp³-hybridized carbons (Fsp3) is 0.273. The number of thioether (sulfide) groups is 1. The van der Waals surface area contributed by atoms with Crippen molar-refractivity contribution in [2.45, 2.75) is 22.8 Å². The fourth-order valence-electron chi connectivity index (χ4n) is 1.06. The van der Waals surface area contributed by atoms with Crippen molar-refractivity contribution in [2.24, 2.45) is 0 Å². The Morgan fingerprint density at radius 2 is 1.37 bits per heavy atom. The Hall–Kier alpha value is -1.15. The van der Waals surface area contributed by atoms with Gasteiger partial charge < -0.3 is 5.11 Å². The van der Waals surface area contributed by atoms with Gasteiger partial charge in [-0.2, -0.15) is 26.3 Å². The lowest BCUT2D eigenvalue weighted by Crippen LogP contribution is -2.55. The van der Waals surface area contributed by atoms with Gasteiger partial charge in [-0.3, -0.25) is 0 Å². The van der Waals surface area contributed by atoms with E-state index in [0.29, 0.717) is 22.1 Å². The van der Waals surface area contributed by atoms with E-state index in [1.165, 1.54) is 12.1 Å². The quantitative estimate of drug-likeness (QED) is 0.668. The summed E-state index contributed by atoms with van der Waals surface area (Å²) in [5.74, 6) is 0. The minimum Gasteiger partial charge on any atom is -0.370 e. The van der Waals surface area contributed by atoms with E-state index in [1.54, 1.807) is 18.2 Å². The maximum Gasteiger partial charge on any atom is 0.430 e.